The minimum Gasteiger partial charge on any atom is -0.268 e. The van der Waals surface area contributed by atoms with Gasteiger partial charge in [0.05, 0.1) is 23.1 Å². The van der Waals surface area contributed by atoms with Gasteiger partial charge >= 0.3 is 0 Å². The molecule has 1 N–H and O–H groups in total. The summed E-state index contributed by atoms with van der Waals surface area (Å²) in [6.07, 6.45) is 10.6. The number of aromatic amines is 1. The molecule has 3 heterocycles. The minimum atomic E-state index is -0.0364. The summed E-state index contributed by atoms with van der Waals surface area (Å²) in [5.41, 5.74) is 2.07. The molecule has 4 aliphatic rings. The number of nitrogens with zero attached hydrogens (tertiary/aromatic N) is 7. The van der Waals surface area contributed by atoms with Crippen LogP contribution in [-0.2, 0) is 17.5 Å². The average molecular weight is 445 g/mol. The molecule has 0 aliphatic heterocycles. The minimum absolute atomic E-state index is 0.0309. The Morgan fingerprint density at radius 2 is 2.03 bits per heavy atom. The quantitative estimate of drug-likeness (QED) is 0.616. The molecule has 4 bridgehead atoms. The molecule has 0 radical (unpaired) electrons. The molecular weight excluding hydrogens is 420 g/mol. The highest BCUT2D eigenvalue weighted by Gasteiger charge is 2.61. The molecule has 30 heavy (non-hydrogen) atoms. The Balaban J connectivity index is 1.50. The highest BCUT2D eigenvalue weighted by Crippen LogP contribution is 2.64. The van der Waals surface area contributed by atoms with Crippen LogP contribution in [0.4, 0.5) is 0 Å². The number of aryl methyl sites for hydroxylation is 1. The van der Waals surface area contributed by atoms with Crippen molar-refractivity contribution in [3.05, 3.63) is 34.1 Å². The van der Waals surface area contributed by atoms with Crippen molar-refractivity contribution in [1.29, 1.82) is 0 Å². The summed E-state index contributed by atoms with van der Waals surface area (Å²) in [6, 6.07) is 0. The van der Waals surface area contributed by atoms with E-state index in [4.69, 9.17) is 28.9 Å². The van der Waals surface area contributed by atoms with Gasteiger partial charge in [0.25, 0.3) is 0 Å². The molecule has 0 spiro atoms. The Hall–Kier alpha value is -2.00. The van der Waals surface area contributed by atoms with E-state index >= 15 is 0 Å². The number of hydrogen-bond acceptors (Lipinski definition) is 5. The van der Waals surface area contributed by atoms with Crippen molar-refractivity contribution in [3.8, 4) is 5.69 Å². The van der Waals surface area contributed by atoms with Gasteiger partial charge in [-0.15, -0.1) is 5.10 Å². The lowest BCUT2D eigenvalue weighted by atomic mass is 9.46. The van der Waals surface area contributed by atoms with Crippen LogP contribution in [0, 0.1) is 23.5 Å². The van der Waals surface area contributed by atoms with Crippen LogP contribution in [0.25, 0.3) is 5.69 Å². The maximum atomic E-state index is 6.11. The zero-order valence-electron chi connectivity index (χ0n) is 17.2. The third kappa shape index (κ3) is 2.48. The van der Waals surface area contributed by atoms with Gasteiger partial charge in [-0.25, -0.2) is 9.67 Å². The van der Waals surface area contributed by atoms with Crippen molar-refractivity contribution in [2.75, 3.05) is 0 Å². The number of halogens is 1. The second kappa shape index (κ2) is 6.26. The van der Waals surface area contributed by atoms with Crippen LogP contribution in [-0.4, -0.2) is 39.3 Å². The van der Waals surface area contributed by atoms with Crippen LogP contribution in [0.2, 0.25) is 5.28 Å². The Morgan fingerprint density at radius 1 is 1.27 bits per heavy atom. The molecule has 4 saturated carbocycles. The van der Waals surface area contributed by atoms with Crippen molar-refractivity contribution in [3.63, 3.8) is 0 Å². The second-order valence-electron chi connectivity index (χ2n) is 9.54. The molecule has 8 nitrogen and oxygen atoms in total. The number of hydrogen-bond donors (Lipinski definition) is 1. The number of rotatable bonds is 4. The monoisotopic (exact) mass is 444 g/mol. The Kier molecular flexibility index (Phi) is 3.91. The van der Waals surface area contributed by atoms with Crippen molar-refractivity contribution in [2.45, 2.75) is 69.9 Å². The molecule has 158 valence electrons. The van der Waals surface area contributed by atoms with Crippen molar-refractivity contribution < 1.29 is 0 Å². The predicted octanol–water partition coefficient (Wildman–Crippen LogP) is 3.95. The van der Waals surface area contributed by atoms with Gasteiger partial charge in [-0.1, -0.05) is 0 Å². The van der Waals surface area contributed by atoms with Crippen molar-refractivity contribution >= 4 is 23.8 Å². The smallest absolute Gasteiger partial charge is 0.242 e. The lowest BCUT2D eigenvalue weighted by Gasteiger charge is -2.61. The lowest BCUT2D eigenvalue weighted by molar-refractivity contribution is -0.0722. The predicted molar refractivity (Wildman–Crippen MR) is 114 cm³/mol. The normalized spacial score (nSPS) is 32.2. The van der Waals surface area contributed by atoms with Gasteiger partial charge in [0, 0.05) is 12.0 Å². The Labute approximate surface area is 184 Å². The largest absolute Gasteiger partial charge is 0.268 e. The van der Waals surface area contributed by atoms with Crippen molar-refractivity contribution in [2.24, 2.45) is 11.8 Å². The van der Waals surface area contributed by atoms with E-state index < -0.39 is 0 Å². The fourth-order valence-electron chi connectivity index (χ4n) is 7.07. The van der Waals surface area contributed by atoms with Crippen LogP contribution < -0.4 is 0 Å². The van der Waals surface area contributed by atoms with E-state index in [9.17, 15) is 0 Å². The van der Waals surface area contributed by atoms with Crippen molar-refractivity contribution in [1.82, 2.24) is 39.3 Å². The molecule has 2 unspecified atom stereocenters. The van der Waals surface area contributed by atoms with E-state index in [-0.39, 0.29) is 11.0 Å². The molecule has 0 amide bonds. The van der Waals surface area contributed by atoms with E-state index in [0.29, 0.717) is 21.9 Å². The van der Waals surface area contributed by atoms with E-state index in [1.807, 2.05) is 21.9 Å². The van der Waals surface area contributed by atoms with Gasteiger partial charge in [0.1, 0.15) is 12.2 Å². The lowest BCUT2D eigenvalue weighted by Crippen LogP contribution is -2.59. The summed E-state index contributed by atoms with van der Waals surface area (Å²) in [6.45, 7) is 5.03. The third-order valence-electron chi connectivity index (χ3n) is 7.74. The maximum Gasteiger partial charge on any atom is 0.242 e. The summed E-state index contributed by atoms with van der Waals surface area (Å²) in [7, 11) is 0. The highest BCUT2D eigenvalue weighted by atomic mass is 35.5. The van der Waals surface area contributed by atoms with Gasteiger partial charge in [0.15, 0.2) is 4.77 Å². The topological polar surface area (TPSA) is 82.1 Å². The number of nitrogens with one attached hydrogen (secondary N) is 1. The van der Waals surface area contributed by atoms with Crippen LogP contribution in [0.15, 0.2) is 12.5 Å². The zero-order chi connectivity index (χ0) is 20.7. The Morgan fingerprint density at radius 3 is 2.67 bits per heavy atom. The van der Waals surface area contributed by atoms with Gasteiger partial charge < -0.3 is 0 Å². The van der Waals surface area contributed by atoms with Crippen LogP contribution in [0.5, 0.6) is 0 Å². The van der Waals surface area contributed by atoms with Gasteiger partial charge in [-0.3, -0.25) is 14.3 Å². The second-order valence-corrected chi connectivity index (χ2v) is 10.3. The van der Waals surface area contributed by atoms with E-state index in [1.54, 1.807) is 0 Å². The number of aromatic nitrogens is 8. The third-order valence-corrected chi connectivity index (χ3v) is 8.19. The fraction of sp³-hybridized carbons (Fsp3) is 0.650. The van der Waals surface area contributed by atoms with Gasteiger partial charge in [0.2, 0.25) is 5.28 Å². The van der Waals surface area contributed by atoms with E-state index in [2.05, 4.69) is 38.7 Å². The first-order chi connectivity index (χ1) is 14.4. The first kappa shape index (κ1) is 18.7. The van der Waals surface area contributed by atoms with E-state index in [1.165, 1.54) is 6.42 Å². The first-order valence-corrected chi connectivity index (χ1v) is 11.5. The summed E-state index contributed by atoms with van der Waals surface area (Å²) in [5, 5.41) is 17.3. The maximum absolute atomic E-state index is 6.11. The first-order valence-electron chi connectivity index (χ1n) is 10.7. The SMILES string of the molecule is CCn1ncc(-n2c(C34C[C@H]5C[C@@H](C3)CC(n3cnc(Cl)n3)(C5)C4)n[nH]c2=S)c1C. The molecule has 0 aromatic carbocycles. The van der Waals surface area contributed by atoms with Gasteiger partial charge in [-0.2, -0.15) is 10.2 Å². The fourth-order valence-corrected chi connectivity index (χ4v) is 7.42. The van der Waals surface area contributed by atoms with Gasteiger partial charge in [-0.05, 0) is 88.0 Å². The molecule has 0 saturated heterocycles. The summed E-state index contributed by atoms with van der Waals surface area (Å²) in [4.78, 5) is 4.22. The summed E-state index contributed by atoms with van der Waals surface area (Å²) in [5.74, 6) is 2.37. The standard InChI is InChI=1S/C20H25ClN8S/c1-3-27-12(2)15(9-23-27)29-16(24-25-18(29)30)19-5-13-4-14(6-19)8-20(7-13,10-19)28-11-22-17(21)26-28/h9,11,13-14H,3-8,10H2,1-2H3,(H,25,30)/t13-,14+,19?,20?. The highest BCUT2D eigenvalue weighted by molar-refractivity contribution is 7.71. The molecule has 4 fully saturated rings. The van der Waals surface area contributed by atoms with Crippen LogP contribution >= 0.6 is 23.8 Å². The van der Waals surface area contributed by atoms with Crippen LogP contribution in [0.1, 0.15) is 57.0 Å². The summed E-state index contributed by atoms with van der Waals surface area (Å²) >= 11 is 11.8. The van der Waals surface area contributed by atoms with Crippen LogP contribution in [0.3, 0.4) is 0 Å². The molecule has 4 aliphatic carbocycles. The molecule has 10 heteroatoms. The average Bonchev–Trinajstić information content (AvgIpc) is 3.39. The molecule has 7 rings (SSSR count). The molecule has 3 aromatic rings. The number of H-pyrrole nitrogens is 1. The van der Waals surface area contributed by atoms with E-state index in [0.717, 1.165) is 55.9 Å². The Bertz CT molecular complexity index is 1170. The summed E-state index contributed by atoms with van der Waals surface area (Å²) < 4.78 is 6.83. The zero-order valence-corrected chi connectivity index (χ0v) is 18.7. The molecule has 3 aromatic heterocycles. The molecule has 4 atom stereocenters. The molecular formula is C20H25ClN8S.